The number of anilines is 1. The molecule has 34 heavy (non-hydrogen) atoms. The molecular weight excluding hydrogens is 426 g/mol. The summed E-state index contributed by atoms with van der Waals surface area (Å²) < 4.78 is 2.25. The minimum atomic E-state index is -0.112. The topological polar surface area (TPSA) is 88.3 Å². The van der Waals surface area contributed by atoms with Crippen LogP contribution in [0.15, 0.2) is 35.1 Å². The number of fused-ring (bicyclic) bond motifs is 4. The van der Waals surface area contributed by atoms with Crippen LogP contribution in [0.25, 0.3) is 32.8 Å². The molecule has 2 aromatic heterocycles. The van der Waals surface area contributed by atoms with Crippen molar-refractivity contribution in [2.75, 3.05) is 38.1 Å². The second-order valence-corrected chi connectivity index (χ2v) is 9.50. The predicted molar refractivity (Wildman–Crippen MR) is 138 cm³/mol. The molecule has 0 aliphatic carbocycles. The van der Waals surface area contributed by atoms with Crippen molar-refractivity contribution in [3.63, 3.8) is 0 Å². The molecule has 0 saturated carbocycles. The lowest BCUT2D eigenvalue weighted by atomic mass is 10.0. The number of aromatic nitrogens is 2. The Hall–Kier alpha value is -3.34. The molecule has 3 heterocycles. The van der Waals surface area contributed by atoms with Gasteiger partial charge in [-0.2, -0.15) is 5.26 Å². The number of H-pyrrole nitrogens is 1. The fraction of sp³-hybridized carbons (Fsp3) is 0.407. The molecule has 2 N–H and O–H groups in total. The van der Waals surface area contributed by atoms with Crippen molar-refractivity contribution in [1.29, 1.82) is 5.26 Å². The van der Waals surface area contributed by atoms with Crippen LogP contribution in [0.5, 0.6) is 0 Å². The summed E-state index contributed by atoms with van der Waals surface area (Å²) in [5.41, 5.74) is 4.78. The van der Waals surface area contributed by atoms with E-state index in [1.807, 2.05) is 18.2 Å². The second-order valence-electron chi connectivity index (χ2n) is 9.50. The lowest BCUT2D eigenvalue weighted by Crippen LogP contribution is -2.44. The Morgan fingerprint density at radius 1 is 1.15 bits per heavy atom. The summed E-state index contributed by atoms with van der Waals surface area (Å²) in [6, 6.07) is 11.8. The molecule has 7 nitrogen and oxygen atoms in total. The Morgan fingerprint density at radius 2 is 1.91 bits per heavy atom. The lowest BCUT2D eigenvalue weighted by molar-refractivity contribution is 0.280. The highest BCUT2D eigenvalue weighted by atomic mass is 16.3. The minimum absolute atomic E-state index is 0.0412. The Morgan fingerprint density at radius 3 is 2.59 bits per heavy atom. The number of piperazine rings is 1. The highest BCUT2D eigenvalue weighted by Gasteiger charge is 2.23. The number of aromatic amines is 1. The molecule has 176 valence electrons. The Kier molecular flexibility index (Phi) is 5.80. The van der Waals surface area contributed by atoms with E-state index in [4.69, 9.17) is 0 Å². The van der Waals surface area contributed by atoms with Crippen LogP contribution < -0.4 is 10.3 Å². The number of nitriles is 1. The number of aliphatic hydroxyl groups is 1. The monoisotopic (exact) mass is 457 g/mol. The first kappa shape index (κ1) is 22.5. The average molecular weight is 458 g/mol. The average Bonchev–Trinajstić information content (AvgIpc) is 3.22. The van der Waals surface area contributed by atoms with Gasteiger partial charge in [0.2, 0.25) is 0 Å². The third-order valence-electron chi connectivity index (χ3n) is 7.24. The maximum Gasteiger partial charge on any atom is 0.199 e. The maximum atomic E-state index is 13.8. The number of likely N-dealkylation sites (N-methyl/N-ethyl adjacent to an activating group) is 1. The van der Waals surface area contributed by atoms with Crippen LogP contribution in [-0.2, 0) is 6.61 Å². The number of hydrogen-bond donors (Lipinski definition) is 2. The van der Waals surface area contributed by atoms with Crippen molar-refractivity contribution < 1.29 is 5.11 Å². The van der Waals surface area contributed by atoms with E-state index in [1.54, 1.807) is 6.07 Å². The number of pyridine rings is 1. The zero-order chi connectivity index (χ0) is 24.0. The first-order valence-electron chi connectivity index (χ1n) is 12.1. The van der Waals surface area contributed by atoms with Crippen LogP contribution in [0.2, 0.25) is 0 Å². The Labute approximate surface area is 198 Å². The predicted octanol–water partition coefficient (Wildman–Crippen LogP) is 4.11. The summed E-state index contributed by atoms with van der Waals surface area (Å²) in [5.74, 6) is 0. The smallest absolute Gasteiger partial charge is 0.199 e. The third kappa shape index (κ3) is 3.54. The molecule has 0 spiro atoms. The van der Waals surface area contributed by atoms with Crippen LogP contribution in [0.4, 0.5) is 5.69 Å². The van der Waals surface area contributed by atoms with E-state index in [0.717, 1.165) is 72.3 Å². The summed E-state index contributed by atoms with van der Waals surface area (Å²) >= 11 is 0. The maximum absolute atomic E-state index is 13.8. The second kappa shape index (κ2) is 8.79. The summed E-state index contributed by atoms with van der Waals surface area (Å²) in [6.07, 6.45) is 1.99. The van der Waals surface area contributed by atoms with Gasteiger partial charge in [0.15, 0.2) is 5.43 Å². The lowest BCUT2D eigenvalue weighted by Gasteiger charge is -2.35. The molecule has 5 rings (SSSR count). The van der Waals surface area contributed by atoms with Crippen molar-refractivity contribution in [3.8, 4) is 6.07 Å². The molecule has 2 aromatic carbocycles. The van der Waals surface area contributed by atoms with E-state index < -0.39 is 0 Å². The quantitative estimate of drug-likeness (QED) is 0.471. The first-order chi connectivity index (χ1) is 16.5. The molecule has 7 heteroatoms. The van der Waals surface area contributed by atoms with Crippen molar-refractivity contribution in [2.45, 2.75) is 39.3 Å². The van der Waals surface area contributed by atoms with Gasteiger partial charge in [0.1, 0.15) is 5.65 Å². The number of nitrogens with zero attached hydrogens (tertiary/aromatic N) is 4. The first-order valence-corrected chi connectivity index (χ1v) is 12.1. The van der Waals surface area contributed by atoms with Crippen molar-refractivity contribution >= 4 is 38.5 Å². The molecule has 1 atom stereocenters. The van der Waals surface area contributed by atoms with Gasteiger partial charge < -0.3 is 24.5 Å². The molecule has 0 radical (unpaired) electrons. The highest BCUT2D eigenvalue weighted by Crippen LogP contribution is 2.34. The van der Waals surface area contributed by atoms with E-state index in [1.165, 1.54) is 0 Å². The van der Waals surface area contributed by atoms with Gasteiger partial charge in [0.25, 0.3) is 0 Å². The molecule has 1 unspecified atom stereocenters. The van der Waals surface area contributed by atoms with Gasteiger partial charge in [-0.3, -0.25) is 4.79 Å². The molecule has 0 bridgehead atoms. The summed E-state index contributed by atoms with van der Waals surface area (Å²) in [6.45, 7) is 7.94. The van der Waals surface area contributed by atoms with E-state index in [0.29, 0.717) is 16.3 Å². The standard InChI is InChI=1S/C27H31N5O2/c1-4-5-17(2)32-24-14-23(31-10-8-30(3)9-11-31)19(16-33)13-21(24)26(34)25-20-7-6-18(15-28)12-22(20)29-27(25)32/h6-7,12-14,17,29,33H,4-5,8-11,16H2,1-3H3. The zero-order valence-electron chi connectivity index (χ0n) is 20.1. The third-order valence-corrected chi connectivity index (χ3v) is 7.24. The highest BCUT2D eigenvalue weighted by molar-refractivity contribution is 6.10. The fourth-order valence-corrected chi connectivity index (χ4v) is 5.39. The van der Waals surface area contributed by atoms with Gasteiger partial charge in [0, 0.05) is 59.8 Å². The minimum Gasteiger partial charge on any atom is -0.392 e. The number of nitrogens with one attached hydrogen (secondary N) is 1. The number of hydrogen-bond acceptors (Lipinski definition) is 5. The van der Waals surface area contributed by atoms with Crippen LogP contribution in [-0.4, -0.2) is 52.8 Å². The van der Waals surface area contributed by atoms with Gasteiger partial charge in [-0.1, -0.05) is 19.4 Å². The summed E-state index contributed by atoms with van der Waals surface area (Å²) in [5, 5.41) is 21.7. The molecular formula is C27H31N5O2. The molecule has 1 aliphatic heterocycles. The summed E-state index contributed by atoms with van der Waals surface area (Å²) in [7, 11) is 2.12. The Bertz CT molecular complexity index is 1480. The van der Waals surface area contributed by atoms with E-state index >= 15 is 0 Å². The van der Waals surface area contributed by atoms with Crippen molar-refractivity contribution in [2.24, 2.45) is 0 Å². The van der Waals surface area contributed by atoms with Gasteiger partial charge in [0.05, 0.1) is 29.1 Å². The van der Waals surface area contributed by atoms with E-state index in [2.05, 4.69) is 52.4 Å². The molecule has 1 fully saturated rings. The largest absolute Gasteiger partial charge is 0.392 e. The van der Waals surface area contributed by atoms with Crippen LogP contribution in [0.1, 0.15) is 43.9 Å². The number of aliphatic hydroxyl groups excluding tert-OH is 1. The number of benzene rings is 2. The Balaban J connectivity index is 1.86. The van der Waals surface area contributed by atoms with Gasteiger partial charge >= 0.3 is 0 Å². The van der Waals surface area contributed by atoms with Gasteiger partial charge in [-0.25, -0.2) is 0 Å². The zero-order valence-corrected chi connectivity index (χ0v) is 20.1. The van der Waals surface area contributed by atoms with Crippen LogP contribution in [0, 0.1) is 11.3 Å². The molecule has 0 amide bonds. The SMILES string of the molecule is CCCC(C)n1c2cc(N3CCN(C)CC3)c(CO)cc2c(=O)c2c3ccc(C#N)cc3[nH]c21. The van der Waals surface area contributed by atoms with E-state index in [-0.39, 0.29) is 18.1 Å². The van der Waals surface area contributed by atoms with Crippen molar-refractivity contribution in [1.82, 2.24) is 14.5 Å². The van der Waals surface area contributed by atoms with E-state index in [9.17, 15) is 15.2 Å². The molecule has 1 aliphatic rings. The van der Waals surface area contributed by atoms with Crippen LogP contribution in [0.3, 0.4) is 0 Å². The normalized spacial score (nSPS) is 15.9. The van der Waals surface area contributed by atoms with Gasteiger partial charge in [-0.05, 0) is 44.7 Å². The number of rotatable bonds is 5. The molecule has 4 aromatic rings. The van der Waals surface area contributed by atoms with Crippen LogP contribution >= 0.6 is 0 Å². The van der Waals surface area contributed by atoms with Crippen molar-refractivity contribution in [3.05, 3.63) is 51.7 Å². The molecule has 1 saturated heterocycles. The fourth-order valence-electron chi connectivity index (χ4n) is 5.39. The van der Waals surface area contributed by atoms with Gasteiger partial charge in [-0.15, -0.1) is 0 Å². The summed E-state index contributed by atoms with van der Waals surface area (Å²) in [4.78, 5) is 21.9.